The van der Waals surface area contributed by atoms with Gasteiger partial charge in [0.25, 0.3) is 5.91 Å². The van der Waals surface area contributed by atoms with E-state index in [4.69, 9.17) is 11.6 Å². The minimum Gasteiger partial charge on any atom is -0.321 e. The van der Waals surface area contributed by atoms with E-state index < -0.39 is 27.1 Å². The fourth-order valence-electron chi connectivity index (χ4n) is 2.10. The van der Waals surface area contributed by atoms with Crippen molar-refractivity contribution in [2.45, 2.75) is 0 Å². The molecule has 0 atom stereocenters. The van der Waals surface area contributed by atoms with Crippen LogP contribution in [-0.4, -0.2) is 31.4 Å². The van der Waals surface area contributed by atoms with Gasteiger partial charge < -0.3 is 5.32 Å². The maximum absolute atomic E-state index is 13.2. The molecule has 1 aliphatic rings. The number of carbonyl (C=O) groups is 1. The smallest absolute Gasteiger partial charge is 0.321 e. The molecule has 1 aromatic carbocycles. The van der Waals surface area contributed by atoms with Gasteiger partial charge in [0.1, 0.15) is 11.5 Å². The summed E-state index contributed by atoms with van der Waals surface area (Å²) in [5.74, 6) is -1.43. The van der Waals surface area contributed by atoms with E-state index in [-0.39, 0.29) is 27.0 Å². The van der Waals surface area contributed by atoms with Crippen LogP contribution in [0.1, 0.15) is 4.88 Å². The number of hydrogen-bond donors (Lipinski definition) is 1. The highest BCUT2D eigenvalue weighted by Crippen LogP contribution is 2.25. The molecule has 1 aromatic heterocycles. The summed E-state index contributed by atoms with van der Waals surface area (Å²) in [5, 5.41) is 1.72. The summed E-state index contributed by atoms with van der Waals surface area (Å²) in [6.45, 7) is 0. The average Bonchev–Trinajstić information content (AvgIpc) is 2.99. The quantitative estimate of drug-likeness (QED) is 0.833. The molecule has 0 radical (unpaired) electrons. The first kappa shape index (κ1) is 18.5. The van der Waals surface area contributed by atoms with Crippen LogP contribution in [0.5, 0.6) is 0 Å². The summed E-state index contributed by atoms with van der Waals surface area (Å²) >= 11 is 6.36. The molecule has 3 rings (SSSR count). The van der Waals surface area contributed by atoms with E-state index in [2.05, 4.69) is 9.71 Å². The van der Waals surface area contributed by atoms with Gasteiger partial charge in [-0.25, -0.2) is 8.70 Å². The number of rotatable bonds is 3. The van der Waals surface area contributed by atoms with Crippen LogP contribution in [0.3, 0.4) is 0 Å². The SMILES string of the molecule is CN1C(C(=O)Nc2ccc(F)c(Cl)c2)=CC(c2ccc(F)s2)=NS1(=O)=O. The fraction of sp³-hybridized carbons (Fsp3) is 0.0667. The van der Waals surface area contributed by atoms with Crippen LogP contribution in [0.4, 0.5) is 14.5 Å². The Kier molecular flexibility index (Phi) is 4.82. The van der Waals surface area contributed by atoms with E-state index >= 15 is 0 Å². The molecule has 0 aliphatic carbocycles. The molecule has 2 aromatic rings. The fourth-order valence-corrected chi connectivity index (χ4v) is 3.94. The van der Waals surface area contributed by atoms with Crippen LogP contribution in [0, 0.1) is 10.9 Å². The first-order valence-electron chi connectivity index (χ1n) is 7.00. The monoisotopic (exact) mass is 417 g/mol. The zero-order valence-electron chi connectivity index (χ0n) is 13.0. The van der Waals surface area contributed by atoms with Crippen molar-refractivity contribution < 1.29 is 22.0 Å². The number of nitrogens with one attached hydrogen (secondary N) is 1. The Morgan fingerprint density at radius 2 is 2.00 bits per heavy atom. The predicted molar refractivity (Wildman–Crippen MR) is 95.6 cm³/mol. The second-order valence-electron chi connectivity index (χ2n) is 5.14. The van der Waals surface area contributed by atoms with Crippen molar-refractivity contribution in [2.75, 3.05) is 12.4 Å². The van der Waals surface area contributed by atoms with Crippen molar-refractivity contribution in [2.24, 2.45) is 4.40 Å². The predicted octanol–water partition coefficient (Wildman–Crippen LogP) is 3.18. The van der Waals surface area contributed by atoms with Gasteiger partial charge in [-0.3, -0.25) is 4.79 Å². The Bertz CT molecular complexity index is 1060. The topological polar surface area (TPSA) is 78.8 Å². The van der Waals surface area contributed by atoms with Crippen LogP contribution in [0.25, 0.3) is 0 Å². The number of likely N-dealkylation sites (N-methyl/N-ethyl adjacent to an activating group) is 1. The summed E-state index contributed by atoms with van der Waals surface area (Å²) in [6.07, 6.45) is 1.23. The van der Waals surface area contributed by atoms with Gasteiger partial charge in [0.05, 0.1) is 15.6 Å². The number of hydrogen-bond acceptors (Lipinski definition) is 4. The highest BCUT2D eigenvalue weighted by atomic mass is 35.5. The number of carbonyl (C=O) groups excluding carboxylic acids is 1. The highest BCUT2D eigenvalue weighted by Gasteiger charge is 2.30. The van der Waals surface area contributed by atoms with Gasteiger partial charge in [0, 0.05) is 12.7 Å². The van der Waals surface area contributed by atoms with Crippen molar-refractivity contribution >= 4 is 50.5 Å². The molecule has 2 heterocycles. The molecule has 11 heteroatoms. The summed E-state index contributed by atoms with van der Waals surface area (Å²) < 4.78 is 55.1. The largest absolute Gasteiger partial charge is 0.345 e. The van der Waals surface area contributed by atoms with E-state index in [0.29, 0.717) is 15.6 Å². The van der Waals surface area contributed by atoms with Gasteiger partial charge >= 0.3 is 10.2 Å². The first-order valence-corrected chi connectivity index (χ1v) is 9.59. The second kappa shape index (κ2) is 6.78. The molecular formula is C15H10ClF2N3O3S2. The number of benzene rings is 1. The van der Waals surface area contributed by atoms with Crippen LogP contribution in [0.15, 0.2) is 46.5 Å². The molecule has 26 heavy (non-hydrogen) atoms. The molecule has 1 amide bonds. The Morgan fingerprint density at radius 1 is 1.27 bits per heavy atom. The summed E-state index contributed by atoms with van der Waals surface area (Å²) in [7, 11) is -3.00. The number of nitrogens with zero attached hydrogens (tertiary/aromatic N) is 2. The summed E-state index contributed by atoms with van der Waals surface area (Å²) in [6, 6.07) is 6.07. The Labute approximate surface area is 156 Å². The second-order valence-corrected chi connectivity index (χ2v) is 8.21. The summed E-state index contributed by atoms with van der Waals surface area (Å²) in [4.78, 5) is 12.8. The average molecular weight is 418 g/mol. The lowest BCUT2D eigenvalue weighted by Crippen LogP contribution is -2.35. The molecule has 1 N–H and O–H groups in total. The zero-order chi connectivity index (χ0) is 19.1. The minimum atomic E-state index is -4.16. The normalized spacial score (nSPS) is 16.1. The molecule has 0 unspecified atom stereocenters. The van der Waals surface area contributed by atoms with Gasteiger partial charge in [0.15, 0.2) is 5.13 Å². The van der Waals surface area contributed by atoms with E-state index in [9.17, 15) is 22.0 Å². The summed E-state index contributed by atoms with van der Waals surface area (Å²) in [5.41, 5.74) is -0.108. The van der Waals surface area contributed by atoms with Crippen molar-refractivity contribution in [3.63, 3.8) is 0 Å². The standard InChI is InChI=1S/C15H10ClF2N3O3S2/c1-21-12(15(22)19-8-2-3-10(17)9(16)6-8)7-11(20-26(21,23)24)13-4-5-14(18)25-13/h2-7H,1H3,(H,19,22). The molecule has 1 aliphatic heterocycles. The molecule has 0 bridgehead atoms. The van der Waals surface area contributed by atoms with Crippen molar-refractivity contribution in [3.05, 3.63) is 63.0 Å². The molecule has 0 saturated heterocycles. The van der Waals surface area contributed by atoms with Gasteiger partial charge in [0.2, 0.25) is 0 Å². The van der Waals surface area contributed by atoms with E-state index in [1.807, 2.05) is 0 Å². The van der Waals surface area contributed by atoms with Crippen LogP contribution in [0.2, 0.25) is 5.02 Å². The number of amides is 1. The lowest BCUT2D eigenvalue weighted by atomic mass is 10.2. The highest BCUT2D eigenvalue weighted by molar-refractivity contribution is 7.88. The zero-order valence-corrected chi connectivity index (χ0v) is 15.4. The number of anilines is 1. The molecule has 0 saturated carbocycles. The third-order valence-corrected chi connectivity index (χ3v) is 5.91. The lowest BCUT2D eigenvalue weighted by Gasteiger charge is -2.23. The lowest BCUT2D eigenvalue weighted by molar-refractivity contribution is -0.113. The van der Waals surface area contributed by atoms with Gasteiger partial charge in [-0.05, 0) is 36.4 Å². The number of halogens is 3. The number of allylic oxidation sites excluding steroid dienone is 1. The molecule has 136 valence electrons. The maximum Gasteiger partial charge on any atom is 0.345 e. The van der Waals surface area contributed by atoms with Gasteiger partial charge in [-0.15, -0.1) is 15.7 Å². The van der Waals surface area contributed by atoms with Crippen LogP contribution < -0.4 is 5.32 Å². The van der Waals surface area contributed by atoms with E-state index in [0.717, 1.165) is 13.1 Å². The van der Waals surface area contributed by atoms with E-state index in [1.54, 1.807) is 0 Å². The van der Waals surface area contributed by atoms with Gasteiger partial charge in [-0.1, -0.05) is 11.6 Å². The van der Waals surface area contributed by atoms with Crippen LogP contribution >= 0.6 is 22.9 Å². The molecule has 0 fully saturated rings. The molecule has 0 spiro atoms. The first-order chi connectivity index (χ1) is 12.2. The Balaban J connectivity index is 1.95. The molecule has 6 nitrogen and oxygen atoms in total. The Hall–Kier alpha value is -2.30. The minimum absolute atomic E-state index is 0.0562. The maximum atomic E-state index is 13.2. The van der Waals surface area contributed by atoms with Crippen LogP contribution in [-0.2, 0) is 15.0 Å². The Morgan fingerprint density at radius 3 is 2.62 bits per heavy atom. The van der Waals surface area contributed by atoms with Gasteiger partial charge in [-0.2, -0.15) is 12.8 Å². The van der Waals surface area contributed by atoms with Crippen molar-refractivity contribution in [1.29, 1.82) is 0 Å². The van der Waals surface area contributed by atoms with E-state index in [1.165, 1.54) is 30.3 Å². The van der Waals surface area contributed by atoms with Crippen molar-refractivity contribution in [3.8, 4) is 0 Å². The third-order valence-electron chi connectivity index (χ3n) is 3.41. The van der Waals surface area contributed by atoms with Crippen molar-refractivity contribution in [1.82, 2.24) is 4.31 Å². The number of thiophene rings is 1. The third kappa shape index (κ3) is 3.62. The molecular weight excluding hydrogens is 408 g/mol.